The highest BCUT2D eigenvalue weighted by atomic mass is 32.2. The van der Waals surface area contributed by atoms with Gasteiger partial charge >= 0.3 is 0 Å². The molecule has 0 aliphatic carbocycles. The number of anilines is 1. The van der Waals surface area contributed by atoms with Crippen LogP contribution in [0.5, 0.6) is 0 Å². The molecule has 2 aromatic rings. The van der Waals surface area contributed by atoms with Crippen molar-refractivity contribution in [1.82, 2.24) is 9.78 Å². The highest BCUT2D eigenvalue weighted by Gasteiger charge is 2.17. The fourth-order valence-corrected chi connectivity index (χ4v) is 2.55. The highest BCUT2D eigenvalue weighted by molar-refractivity contribution is 7.89. The highest BCUT2D eigenvalue weighted by Crippen LogP contribution is 2.22. The van der Waals surface area contributed by atoms with Gasteiger partial charge < -0.3 is 5.73 Å². The summed E-state index contributed by atoms with van der Waals surface area (Å²) in [5, 5.41) is 9.44. The van der Waals surface area contributed by atoms with Gasteiger partial charge in [0.25, 0.3) is 0 Å². The van der Waals surface area contributed by atoms with E-state index in [9.17, 15) is 8.42 Å². The van der Waals surface area contributed by atoms with Crippen LogP contribution in [0.15, 0.2) is 29.2 Å². The molecule has 1 aromatic carbocycles. The normalized spacial score (nSPS) is 11.7. The van der Waals surface area contributed by atoms with Gasteiger partial charge in [-0.15, -0.1) is 0 Å². The van der Waals surface area contributed by atoms with Crippen LogP contribution in [0.4, 0.5) is 5.69 Å². The molecule has 0 aliphatic rings. The number of primary sulfonamides is 1. The van der Waals surface area contributed by atoms with Crippen molar-refractivity contribution in [1.29, 1.82) is 0 Å². The Morgan fingerprint density at radius 1 is 1.22 bits per heavy atom. The summed E-state index contributed by atoms with van der Waals surface area (Å²) in [5.41, 5.74) is 7.95. The molecule has 0 bridgehead atoms. The van der Waals surface area contributed by atoms with Crippen molar-refractivity contribution < 1.29 is 8.42 Å². The zero-order chi connectivity index (χ0) is 13.5. The quantitative estimate of drug-likeness (QED) is 0.781. The first-order chi connectivity index (χ1) is 8.29. The van der Waals surface area contributed by atoms with E-state index in [0.29, 0.717) is 11.4 Å². The van der Waals surface area contributed by atoms with E-state index < -0.39 is 10.0 Å². The zero-order valence-corrected chi connectivity index (χ0v) is 10.9. The van der Waals surface area contributed by atoms with Gasteiger partial charge in [0.15, 0.2) is 0 Å². The molecule has 1 heterocycles. The standard InChI is InChI=1S/C11H14N4O2S/c1-7-5-8(2)15(14-7)10-4-3-9(12)6-11(10)18(13,16)17/h3-6H,12H2,1-2H3,(H2,13,16,17). The summed E-state index contributed by atoms with van der Waals surface area (Å²) in [6.45, 7) is 3.67. The largest absolute Gasteiger partial charge is 0.399 e. The number of sulfonamides is 1. The van der Waals surface area contributed by atoms with Gasteiger partial charge in [-0.05, 0) is 38.1 Å². The van der Waals surface area contributed by atoms with E-state index in [2.05, 4.69) is 5.10 Å². The van der Waals surface area contributed by atoms with Crippen LogP contribution in [0.25, 0.3) is 5.69 Å². The van der Waals surface area contributed by atoms with E-state index in [1.54, 1.807) is 12.1 Å². The molecule has 0 saturated carbocycles. The molecule has 4 N–H and O–H groups in total. The van der Waals surface area contributed by atoms with Gasteiger partial charge in [0.05, 0.1) is 11.4 Å². The Labute approximate surface area is 105 Å². The van der Waals surface area contributed by atoms with E-state index >= 15 is 0 Å². The minimum Gasteiger partial charge on any atom is -0.399 e. The molecule has 0 radical (unpaired) electrons. The van der Waals surface area contributed by atoms with Crippen molar-refractivity contribution in [2.45, 2.75) is 18.7 Å². The third-order valence-electron chi connectivity index (χ3n) is 2.53. The lowest BCUT2D eigenvalue weighted by Gasteiger charge is -2.10. The van der Waals surface area contributed by atoms with Crippen molar-refractivity contribution >= 4 is 15.7 Å². The lowest BCUT2D eigenvalue weighted by molar-refractivity contribution is 0.596. The van der Waals surface area contributed by atoms with Crippen molar-refractivity contribution in [2.24, 2.45) is 5.14 Å². The molecule has 0 aliphatic heterocycles. The molecule has 18 heavy (non-hydrogen) atoms. The zero-order valence-electron chi connectivity index (χ0n) is 10.1. The molecule has 0 unspecified atom stereocenters. The number of aryl methyl sites for hydroxylation is 2. The summed E-state index contributed by atoms with van der Waals surface area (Å²) in [5.74, 6) is 0. The van der Waals surface area contributed by atoms with Crippen molar-refractivity contribution in [2.75, 3.05) is 5.73 Å². The van der Waals surface area contributed by atoms with Crippen LogP contribution in [-0.2, 0) is 10.0 Å². The second-order valence-corrected chi connectivity index (χ2v) is 5.64. The second-order valence-electron chi connectivity index (χ2n) is 4.11. The molecular formula is C11H14N4O2S. The maximum Gasteiger partial charge on any atom is 0.240 e. The summed E-state index contributed by atoms with van der Waals surface area (Å²) in [7, 11) is -3.85. The summed E-state index contributed by atoms with van der Waals surface area (Å²) in [6, 6.07) is 6.39. The summed E-state index contributed by atoms with van der Waals surface area (Å²) in [4.78, 5) is -0.0336. The lowest BCUT2D eigenvalue weighted by atomic mass is 10.3. The summed E-state index contributed by atoms with van der Waals surface area (Å²) < 4.78 is 24.7. The van der Waals surface area contributed by atoms with Crippen LogP contribution in [0.3, 0.4) is 0 Å². The van der Waals surface area contributed by atoms with Gasteiger partial charge in [-0.25, -0.2) is 18.2 Å². The third-order valence-corrected chi connectivity index (χ3v) is 3.47. The van der Waals surface area contributed by atoms with E-state index in [0.717, 1.165) is 11.4 Å². The number of hydrogen-bond acceptors (Lipinski definition) is 4. The third kappa shape index (κ3) is 2.22. The van der Waals surface area contributed by atoms with Crippen LogP contribution < -0.4 is 10.9 Å². The topological polar surface area (TPSA) is 104 Å². The number of benzene rings is 1. The molecule has 0 fully saturated rings. The van der Waals surface area contributed by atoms with Crippen LogP contribution in [-0.4, -0.2) is 18.2 Å². The summed E-state index contributed by atoms with van der Waals surface area (Å²) >= 11 is 0. The van der Waals surface area contributed by atoms with Crippen molar-refractivity contribution in [3.8, 4) is 5.69 Å². The number of hydrogen-bond donors (Lipinski definition) is 2. The molecule has 7 heteroatoms. The van der Waals surface area contributed by atoms with Gasteiger partial charge in [-0.2, -0.15) is 5.10 Å². The molecular weight excluding hydrogens is 252 g/mol. The second kappa shape index (κ2) is 4.11. The molecule has 96 valence electrons. The Balaban J connectivity index is 2.76. The molecule has 6 nitrogen and oxygen atoms in total. The number of aromatic nitrogens is 2. The minimum atomic E-state index is -3.85. The Morgan fingerprint density at radius 3 is 2.39 bits per heavy atom. The first-order valence-corrected chi connectivity index (χ1v) is 6.79. The predicted octanol–water partition coefficient (Wildman–Crippen LogP) is 0.719. The molecule has 0 spiro atoms. The lowest BCUT2D eigenvalue weighted by Crippen LogP contribution is -2.16. The first-order valence-electron chi connectivity index (χ1n) is 5.25. The molecule has 2 rings (SSSR count). The van der Waals surface area contributed by atoms with Crippen LogP contribution >= 0.6 is 0 Å². The van der Waals surface area contributed by atoms with Gasteiger partial charge in [0.1, 0.15) is 4.90 Å². The molecule has 0 saturated heterocycles. The summed E-state index contributed by atoms with van der Waals surface area (Å²) in [6.07, 6.45) is 0. The van der Waals surface area contributed by atoms with E-state index in [1.165, 1.54) is 10.7 Å². The number of nitrogen functional groups attached to an aromatic ring is 1. The fraction of sp³-hybridized carbons (Fsp3) is 0.182. The van der Waals surface area contributed by atoms with E-state index in [4.69, 9.17) is 10.9 Å². The average Bonchev–Trinajstić information content (AvgIpc) is 2.56. The monoisotopic (exact) mass is 266 g/mol. The van der Waals surface area contributed by atoms with Crippen molar-refractivity contribution in [3.63, 3.8) is 0 Å². The Hall–Kier alpha value is -1.86. The van der Waals surface area contributed by atoms with Gasteiger partial charge in [-0.1, -0.05) is 0 Å². The van der Waals surface area contributed by atoms with Crippen LogP contribution in [0.1, 0.15) is 11.4 Å². The number of rotatable bonds is 2. The average molecular weight is 266 g/mol. The minimum absolute atomic E-state index is 0.0336. The molecule has 0 atom stereocenters. The maximum absolute atomic E-state index is 11.6. The molecule has 1 aromatic heterocycles. The Morgan fingerprint density at radius 2 is 1.89 bits per heavy atom. The predicted molar refractivity (Wildman–Crippen MR) is 68.8 cm³/mol. The van der Waals surface area contributed by atoms with E-state index in [-0.39, 0.29) is 4.90 Å². The Bertz CT molecular complexity index is 704. The number of nitrogens with zero attached hydrogens (tertiary/aromatic N) is 2. The number of nitrogens with two attached hydrogens (primary N) is 2. The first kappa shape index (κ1) is 12.6. The molecule has 0 amide bonds. The fourth-order valence-electron chi connectivity index (χ4n) is 1.81. The van der Waals surface area contributed by atoms with Crippen LogP contribution in [0.2, 0.25) is 0 Å². The SMILES string of the molecule is Cc1cc(C)n(-c2ccc(N)cc2S(N)(=O)=O)n1. The van der Waals surface area contributed by atoms with E-state index in [1.807, 2.05) is 19.9 Å². The van der Waals surface area contributed by atoms with Gasteiger partial charge in [0, 0.05) is 11.4 Å². The van der Waals surface area contributed by atoms with Crippen molar-refractivity contribution in [3.05, 3.63) is 35.7 Å². The van der Waals surface area contributed by atoms with Gasteiger partial charge in [0.2, 0.25) is 10.0 Å². The maximum atomic E-state index is 11.6. The smallest absolute Gasteiger partial charge is 0.240 e. The Kier molecular flexibility index (Phi) is 2.88. The van der Waals surface area contributed by atoms with Crippen LogP contribution in [0, 0.1) is 13.8 Å². The van der Waals surface area contributed by atoms with Gasteiger partial charge in [-0.3, -0.25) is 0 Å².